The molecule has 0 spiro atoms. The number of aliphatic hydroxyl groups is 1. The molecule has 0 radical (unpaired) electrons. The van der Waals surface area contributed by atoms with Gasteiger partial charge in [-0.15, -0.1) is 0 Å². The minimum Gasteiger partial charge on any atom is -0.371 e. The maximum absolute atomic E-state index is 11.0. The molecular formula is C8H11NO3. The van der Waals surface area contributed by atoms with E-state index in [0.29, 0.717) is 6.42 Å². The van der Waals surface area contributed by atoms with Gasteiger partial charge in [-0.1, -0.05) is 6.92 Å². The number of amides is 2. The number of hydrogen-bond donors (Lipinski definition) is 1. The van der Waals surface area contributed by atoms with Crippen LogP contribution >= 0.6 is 0 Å². The molecule has 2 amide bonds. The Morgan fingerprint density at radius 1 is 1.42 bits per heavy atom. The van der Waals surface area contributed by atoms with Gasteiger partial charge in [-0.2, -0.15) is 0 Å². The molecule has 0 saturated heterocycles. The van der Waals surface area contributed by atoms with E-state index in [1.807, 2.05) is 0 Å². The van der Waals surface area contributed by atoms with Gasteiger partial charge in [0.05, 0.1) is 0 Å². The van der Waals surface area contributed by atoms with Crippen molar-refractivity contribution in [2.45, 2.75) is 26.0 Å². The van der Waals surface area contributed by atoms with Crippen LogP contribution in [-0.2, 0) is 9.59 Å². The molecule has 1 aliphatic rings. The Labute approximate surface area is 70.5 Å². The van der Waals surface area contributed by atoms with Crippen LogP contribution in [0.4, 0.5) is 0 Å². The third kappa shape index (κ3) is 1.25. The Kier molecular flexibility index (Phi) is 2.02. The first kappa shape index (κ1) is 8.93. The van der Waals surface area contributed by atoms with Gasteiger partial charge in [-0.05, 0) is 13.3 Å². The highest BCUT2D eigenvalue weighted by atomic mass is 16.3. The molecule has 1 atom stereocenters. The van der Waals surface area contributed by atoms with Gasteiger partial charge < -0.3 is 5.11 Å². The zero-order chi connectivity index (χ0) is 9.35. The molecule has 0 aromatic heterocycles. The minimum atomic E-state index is -1.36. The molecule has 0 aromatic rings. The van der Waals surface area contributed by atoms with Gasteiger partial charge in [-0.25, -0.2) is 4.90 Å². The minimum absolute atomic E-state index is 0.326. The van der Waals surface area contributed by atoms with Crippen molar-refractivity contribution in [1.29, 1.82) is 0 Å². The molecule has 1 rings (SSSR count). The van der Waals surface area contributed by atoms with Crippen LogP contribution in [0, 0.1) is 0 Å². The second-order valence-corrected chi connectivity index (χ2v) is 2.92. The highest BCUT2D eigenvalue weighted by Gasteiger charge is 2.37. The Morgan fingerprint density at radius 2 is 1.83 bits per heavy atom. The summed E-state index contributed by atoms with van der Waals surface area (Å²) in [6.07, 6.45) is 2.64. The van der Waals surface area contributed by atoms with E-state index in [4.69, 9.17) is 0 Å². The third-order valence-corrected chi connectivity index (χ3v) is 1.96. The van der Waals surface area contributed by atoms with E-state index in [1.165, 1.54) is 6.92 Å². The van der Waals surface area contributed by atoms with E-state index < -0.39 is 17.5 Å². The molecule has 0 aromatic carbocycles. The number of carbonyl (C=O) groups is 2. The van der Waals surface area contributed by atoms with Crippen LogP contribution in [0.15, 0.2) is 12.2 Å². The molecule has 1 N–H and O–H groups in total. The fourth-order valence-corrected chi connectivity index (χ4v) is 1.03. The molecule has 1 unspecified atom stereocenters. The molecule has 0 bridgehead atoms. The lowest BCUT2D eigenvalue weighted by Crippen LogP contribution is -2.49. The quantitative estimate of drug-likeness (QED) is 0.593. The third-order valence-electron chi connectivity index (χ3n) is 1.96. The van der Waals surface area contributed by atoms with Crippen molar-refractivity contribution >= 4 is 11.8 Å². The van der Waals surface area contributed by atoms with Crippen LogP contribution in [0.2, 0.25) is 0 Å². The standard InChI is InChI=1S/C8H11NO3/c1-3-8(2,12)9-6(10)4-5-7(9)11/h4-5,12H,3H2,1-2H3. The van der Waals surface area contributed by atoms with Gasteiger partial charge in [0.2, 0.25) is 0 Å². The van der Waals surface area contributed by atoms with Crippen LogP contribution < -0.4 is 0 Å². The van der Waals surface area contributed by atoms with Crippen molar-refractivity contribution in [3.63, 3.8) is 0 Å². The smallest absolute Gasteiger partial charge is 0.255 e. The van der Waals surface area contributed by atoms with Gasteiger partial charge >= 0.3 is 0 Å². The van der Waals surface area contributed by atoms with Crippen LogP contribution in [0.3, 0.4) is 0 Å². The van der Waals surface area contributed by atoms with E-state index in [-0.39, 0.29) is 0 Å². The first-order valence-electron chi connectivity index (χ1n) is 3.77. The van der Waals surface area contributed by atoms with Crippen LogP contribution in [0.1, 0.15) is 20.3 Å². The van der Waals surface area contributed by atoms with E-state index in [0.717, 1.165) is 17.1 Å². The van der Waals surface area contributed by atoms with E-state index in [9.17, 15) is 14.7 Å². The normalized spacial score (nSPS) is 21.8. The number of hydrogen-bond acceptors (Lipinski definition) is 3. The highest BCUT2D eigenvalue weighted by Crippen LogP contribution is 2.19. The number of rotatable bonds is 2. The summed E-state index contributed by atoms with van der Waals surface area (Å²) >= 11 is 0. The van der Waals surface area contributed by atoms with Crippen molar-refractivity contribution < 1.29 is 14.7 Å². The molecule has 1 aliphatic heterocycles. The Morgan fingerprint density at radius 3 is 2.17 bits per heavy atom. The Hall–Kier alpha value is -1.16. The Balaban J connectivity index is 2.90. The van der Waals surface area contributed by atoms with Crippen LogP contribution in [-0.4, -0.2) is 27.5 Å². The molecule has 4 heteroatoms. The number of carbonyl (C=O) groups excluding carboxylic acids is 2. The van der Waals surface area contributed by atoms with Gasteiger partial charge in [-0.3, -0.25) is 9.59 Å². The van der Waals surface area contributed by atoms with Crippen molar-refractivity contribution in [3.8, 4) is 0 Å². The summed E-state index contributed by atoms with van der Waals surface area (Å²) in [5, 5.41) is 9.61. The van der Waals surface area contributed by atoms with Gasteiger partial charge in [0.25, 0.3) is 11.8 Å². The molecule has 66 valence electrons. The molecule has 0 aliphatic carbocycles. The zero-order valence-electron chi connectivity index (χ0n) is 7.07. The topological polar surface area (TPSA) is 57.6 Å². The second kappa shape index (κ2) is 2.71. The number of nitrogens with zero attached hydrogens (tertiary/aromatic N) is 1. The summed E-state index contributed by atoms with van der Waals surface area (Å²) in [6.45, 7) is 3.15. The summed E-state index contributed by atoms with van der Waals surface area (Å²) in [6, 6.07) is 0. The average molecular weight is 169 g/mol. The van der Waals surface area contributed by atoms with Crippen molar-refractivity contribution in [2.75, 3.05) is 0 Å². The van der Waals surface area contributed by atoms with Gasteiger partial charge in [0, 0.05) is 12.2 Å². The molecule has 4 nitrogen and oxygen atoms in total. The average Bonchev–Trinajstić information content (AvgIpc) is 2.31. The van der Waals surface area contributed by atoms with Crippen LogP contribution in [0.5, 0.6) is 0 Å². The van der Waals surface area contributed by atoms with Gasteiger partial charge in [0.15, 0.2) is 0 Å². The zero-order valence-corrected chi connectivity index (χ0v) is 7.07. The Bertz CT molecular complexity index is 237. The fourth-order valence-electron chi connectivity index (χ4n) is 1.03. The predicted molar refractivity (Wildman–Crippen MR) is 41.9 cm³/mol. The summed E-state index contributed by atoms with van der Waals surface area (Å²) in [5.74, 6) is -0.904. The lowest BCUT2D eigenvalue weighted by atomic mass is 10.1. The first-order chi connectivity index (χ1) is 5.49. The van der Waals surface area contributed by atoms with E-state index in [2.05, 4.69) is 0 Å². The first-order valence-corrected chi connectivity index (χ1v) is 3.77. The van der Waals surface area contributed by atoms with Crippen LogP contribution in [0.25, 0.3) is 0 Å². The molecule has 0 saturated carbocycles. The largest absolute Gasteiger partial charge is 0.371 e. The summed E-state index contributed by atoms with van der Waals surface area (Å²) < 4.78 is 0. The summed E-state index contributed by atoms with van der Waals surface area (Å²) in [7, 11) is 0. The van der Waals surface area contributed by atoms with Crippen molar-refractivity contribution in [1.82, 2.24) is 4.90 Å². The van der Waals surface area contributed by atoms with Gasteiger partial charge in [0.1, 0.15) is 5.72 Å². The fraction of sp³-hybridized carbons (Fsp3) is 0.500. The monoisotopic (exact) mass is 169 g/mol. The lowest BCUT2D eigenvalue weighted by molar-refractivity contribution is -0.161. The maximum Gasteiger partial charge on any atom is 0.255 e. The SMILES string of the molecule is CCC(C)(O)N1C(=O)C=CC1=O. The summed E-state index contributed by atoms with van der Waals surface area (Å²) in [5.41, 5.74) is -1.36. The molecule has 12 heavy (non-hydrogen) atoms. The molecule has 1 heterocycles. The van der Waals surface area contributed by atoms with Crippen molar-refractivity contribution in [3.05, 3.63) is 12.2 Å². The van der Waals surface area contributed by atoms with Crippen molar-refractivity contribution in [2.24, 2.45) is 0 Å². The van der Waals surface area contributed by atoms with E-state index in [1.54, 1.807) is 6.92 Å². The lowest BCUT2D eigenvalue weighted by Gasteiger charge is -2.30. The number of imide groups is 1. The molecule has 0 fully saturated rings. The van der Waals surface area contributed by atoms with E-state index >= 15 is 0 Å². The highest BCUT2D eigenvalue weighted by molar-refractivity contribution is 6.13. The summed E-state index contributed by atoms with van der Waals surface area (Å²) in [4.78, 5) is 23.0. The second-order valence-electron chi connectivity index (χ2n) is 2.92. The predicted octanol–water partition coefficient (Wildman–Crippen LogP) is 0.0299. The molecular weight excluding hydrogens is 158 g/mol. The maximum atomic E-state index is 11.0.